The molecule has 2 aromatic carbocycles. The number of nitrogens with zero attached hydrogens (tertiary/aromatic N) is 4. The van der Waals surface area contributed by atoms with Gasteiger partial charge in [-0.2, -0.15) is 0 Å². The first kappa shape index (κ1) is 30.5. The number of hydrogen-bond donors (Lipinski definition) is 0. The fourth-order valence-corrected chi connectivity index (χ4v) is 6.81. The number of benzene rings is 2. The predicted molar refractivity (Wildman–Crippen MR) is 165 cm³/mol. The first-order chi connectivity index (χ1) is 20.9. The normalized spacial score (nSPS) is 18.7. The Kier molecular flexibility index (Phi) is 7.92. The summed E-state index contributed by atoms with van der Waals surface area (Å²) >= 11 is 6.01. The maximum absolute atomic E-state index is 14.6. The molecular formula is C32H32ClF3N4O3S. The summed E-state index contributed by atoms with van der Waals surface area (Å²) in [5.41, 5.74) is 1.33. The molecule has 6 rings (SSSR count). The molecule has 1 spiro atoms. The summed E-state index contributed by atoms with van der Waals surface area (Å²) in [4.78, 5) is 35.6. The van der Waals surface area contributed by atoms with Gasteiger partial charge < -0.3 is 19.1 Å². The zero-order chi connectivity index (χ0) is 31.4. The Morgan fingerprint density at radius 1 is 0.977 bits per heavy atom. The number of carbonyl (C=O) groups is 2. The van der Waals surface area contributed by atoms with Gasteiger partial charge in [-0.3, -0.25) is 9.59 Å². The summed E-state index contributed by atoms with van der Waals surface area (Å²) in [5, 5.41) is -0.280. The quantitative estimate of drug-likeness (QED) is 0.164. The molecule has 4 aromatic rings. The van der Waals surface area contributed by atoms with Gasteiger partial charge >= 0.3 is 0 Å². The molecule has 1 unspecified atom stereocenters. The van der Waals surface area contributed by atoms with Gasteiger partial charge in [-0.05, 0) is 54.7 Å². The molecule has 0 aliphatic carbocycles. The number of likely N-dealkylation sites (tertiary alicyclic amines) is 1. The van der Waals surface area contributed by atoms with E-state index in [-0.39, 0.29) is 48.7 Å². The summed E-state index contributed by atoms with van der Waals surface area (Å²) in [6, 6.07) is 12.8. The molecule has 1 fully saturated rings. The maximum Gasteiger partial charge on any atom is 0.255 e. The molecule has 2 aromatic heterocycles. The number of pyridine rings is 1. The van der Waals surface area contributed by atoms with Crippen molar-refractivity contribution >= 4 is 44.5 Å². The lowest BCUT2D eigenvalue weighted by atomic mass is 9.87. The zero-order valence-corrected chi connectivity index (χ0v) is 26.2. The topological polar surface area (TPSA) is 67.7 Å². The van der Waals surface area contributed by atoms with E-state index in [0.29, 0.717) is 35.4 Å². The Bertz CT molecular complexity index is 1780. The molecule has 0 saturated carbocycles. The van der Waals surface area contributed by atoms with Gasteiger partial charge in [-0.15, -0.1) is 0 Å². The lowest BCUT2D eigenvalue weighted by Gasteiger charge is -2.34. The second-order valence-corrected chi connectivity index (χ2v) is 17.1. The van der Waals surface area contributed by atoms with Crippen LogP contribution < -0.4 is 0 Å². The molecule has 1 saturated heterocycles. The van der Waals surface area contributed by atoms with Crippen LogP contribution in [-0.4, -0.2) is 68.8 Å². The first-order valence-corrected chi connectivity index (χ1v) is 17.5. The smallest absolute Gasteiger partial charge is 0.255 e. The summed E-state index contributed by atoms with van der Waals surface area (Å²) in [6.07, 6.45) is 6.84. The fraction of sp³-hybridized carbons (Fsp3) is 0.344. The van der Waals surface area contributed by atoms with Crippen molar-refractivity contribution in [3.63, 3.8) is 0 Å². The molecule has 0 radical (unpaired) electrons. The van der Waals surface area contributed by atoms with Crippen molar-refractivity contribution < 1.29 is 27.5 Å². The second kappa shape index (κ2) is 11.4. The summed E-state index contributed by atoms with van der Waals surface area (Å²) in [6.45, 7) is 1.06. The highest BCUT2D eigenvalue weighted by atomic mass is 35.5. The molecule has 2 aliphatic rings. The molecule has 7 nitrogen and oxygen atoms in total. The molecule has 1 atom stereocenters. The number of halogens is 4. The second-order valence-electron chi connectivity index (χ2n) is 12.1. The van der Waals surface area contributed by atoms with E-state index in [0.717, 1.165) is 11.3 Å². The largest absolute Gasteiger partial charge is 0.360 e. The Balaban J connectivity index is 1.38. The Morgan fingerprint density at radius 3 is 2.43 bits per heavy atom. The average Bonchev–Trinajstić information content (AvgIpc) is 3.54. The van der Waals surface area contributed by atoms with Gasteiger partial charge in [0.05, 0.1) is 24.2 Å². The molecule has 4 heterocycles. The summed E-state index contributed by atoms with van der Waals surface area (Å²) in [7, 11) is -0.810. The number of rotatable bonds is 9. The van der Waals surface area contributed by atoms with Crippen LogP contribution in [0, 0.1) is 17.5 Å². The summed E-state index contributed by atoms with van der Waals surface area (Å²) in [5.74, 6) is -1.57. The van der Waals surface area contributed by atoms with E-state index < -0.39 is 33.1 Å². The van der Waals surface area contributed by atoms with Crippen LogP contribution >= 0.6 is 21.6 Å². The lowest BCUT2D eigenvalue weighted by molar-refractivity contribution is -0.137. The van der Waals surface area contributed by atoms with Gasteiger partial charge in [0.25, 0.3) is 11.8 Å². The molecular weight excluding hydrogens is 613 g/mol. The van der Waals surface area contributed by atoms with E-state index in [1.165, 1.54) is 41.3 Å². The van der Waals surface area contributed by atoms with Crippen molar-refractivity contribution in [2.24, 2.45) is 0 Å². The van der Waals surface area contributed by atoms with E-state index in [2.05, 4.69) is 23.8 Å². The van der Waals surface area contributed by atoms with Crippen molar-refractivity contribution in [2.45, 2.75) is 31.8 Å². The minimum absolute atomic E-state index is 0.0469. The highest BCUT2D eigenvalue weighted by Crippen LogP contribution is 2.48. The summed E-state index contributed by atoms with van der Waals surface area (Å²) < 4.78 is 50.3. The van der Waals surface area contributed by atoms with Crippen LogP contribution in [-0.2, 0) is 34.9 Å². The number of amides is 2. The highest BCUT2D eigenvalue weighted by Gasteiger charge is 2.59. The van der Waals surface area contributed by atoms with Gasteiger partial charge in [-0.25, -0.2) is 28.2 Å². The van der Waals surface area contributed by atoms with Crippen LogP contribution in [0.3, 0.4) is 0 Å². The molecule has 2 aliphatic heterocycles. The van der Waals surface area contributed by atoms with Gasteiger partial charge in [-0.1, -0.05) is 29.8 Å². The van der Waals surface area contributed by atoms with Crippen LogP contribution in [0.25, 0.3) is 11.0 Å². The van der Waals surface area contributed by atoms with E-state index in [4.69, 9.17) is 16.3 Å². The average molecular weight is 645 g/mol. The Labute approximate surface area is 259 Å². The monoisotopic (exact) mass is 644 g/mol. The van der Waals surface area contributed by atoms with Gasteiger partial charge in [0.15, 0.2) is 16.5 Å². The Morgan fingerprint density at radius 2 is 1.70 bits per heavy atom. The molecule has 232 valence electrons. The van der Waals surface area contributed by atoms with Crippen molar-refractivity contribution in [1.29, 1.82) is 0 Å². The lowest BCUT2D eigenvalue weighted by Crippen LogP contribution is -2.49. The Hall–Kier alpha value is -3.54. The number of carbonyl (C=O) groups excluding carboxylic acids is 2. The SMILES string of the molecule is CS(C)(C)CCOCn1c(CN2C(=O)c3cc(F)ccc3C23CCN(Cc2ccc(F)cc2)C3=O)cc2nc(Cl)c(F)cc21. The van der Waals surface area contributed by atoms with E-state index in [1.54, 1.807) is 27.7 Å². The minimum atomic E-state index is -1.38. The number of fused-ring (bicyclic) bond motifs is 3. The molecule has 12 heteroatoms. The standard InChI is InChI=1S/C32H32ClF3N4O3S/c1-44(2,3)13-12-43-19-39-23(15-27-28(39)16-26(36)29(33)37-27)18-40-30(41)24-14-22(35)8-9-25(24)32(40)10-11-38(31(32)42)17-20-4-6-21(34)7-5-20/h4-9,14-16H,10-13,17-19H2,1-3H3. The number of ether oxygens (including phenoxy) is 1. The third-order valence-corrected chi connectivity index (χ3v) is 9.95. The predicted octanol–water partition coefficient (Wildman–Crippen LogP) is 6.06. The van der Waals surface area contributed by atoms with Gasteiger partial charge in [0.1, 0.15) is 18.4 Å². The van der Waals surface area contributed by atoms with Gasteiger partial charge in [0.2, 0.25) is 0 Å². The van der Waals surface area contributed by atoms with Crippen molar-refractivity contribution in [2.75, 3.05) is 37.7 Å². The van der Waals surface area contributed by atoms with E-state index in [1.807, 2.05) is 0 Å². The van der Waals surface area contributed by atoms with Crippen LogP contribution in [0.4, 0.5) is 13.2 Å². The third-order valence-electron chi connectivity index (χ3n) is 8.30. The molecule has 0 N–H and O–H groups in total. The maximum atomic E-state index is 14.6. The van der Waals surface area contributed by atoms with Crippen LogP contribution in [0.1, 0.15) is 33.6 Å². The van der Waals surface area contributed by atoms with Gasteiger partial charge in [0, 0.05) is 48.2 Å². The fourth-order valence-electron chi connectivity index (χ4n) is 6.05. The number of aromatic nitrogens is 2. The van der Waals surface area contributed by atoms with Crippen LogP contribution in [0.5, 0.6) is 0 Å². The van der Waals surface area contributed by atoms with Crippen molar-refractivity contribution in [1.82, 2.24) is 19.4 Å². The highest BCUT2D eigenvalue weighted by molar-refractivity contribution is 8.32. The molecule has 0 bridgehead atoms. The third kappa shape index (κ3) is 5.46. The van der Waals surface area contributed by atoms with E-state index >= 15 is 0 Å². The van der Waals surface area contributed by atoms with Crippen LogP contribution in [0.2, 0.25) is 5.15 Å². The number of hydrogen-bond acceptors (Lipinski definition) is 4. The van der Waals surface area contributed by atoms with Crippen molar-refractivity contribution in [3.05, 3.63) is 99.6 Å². The van der Waals surface area contributed by atoms with E-state index in [9.17, 15) is 22.8 Å². The minimum Gasteiger partial charge on any atom is -0.360 e. The van der Waals surface area contributed by atoms with Crippen molar-refractivity contribution in [3.8, 4) is 0 Å². The molecule has 44 heavy (non-hydrogen) atoms. The molecule has 2 amide bonds. The van der Waals surface area contributed by atoms with Crippen LogP contribution in [0.15, 0.2) is 54.6 Å². The zero-order valence-electron chi connectivity index (χ0n) is 24.6. The first-order valence-electron chi connectivity index (χ1n) is 14.1.